The van der Waals surface area contributed by atoms with Crippen molar-refractivity contribution in [2.45, 2.75) is 52.1 Å². The lowest BCUT2D eigenvalue weighted by Crippen LogP contribution is -2.46. The van der Waals surface area contributed by atoms with Crippen molar-refractivity contribution >= 4 is 28.4 Å². The maximum Gasteiger partial charge on any atom is 0.237 e. The number of carbonyl (C=O) groups is 2. The van der Waals surface area contributed by atoms with E-state index in [1.54, 1.807) is 24.0 Å². The van der Waals surface area contributed by atoms with Crippen LogP contribution in [0.1, 0.15) is 52.8 Å². The van der Waals surface area contributed by atoms with Crippen LogP contribution in [0.25, 0.3) is 10.9 Å². The summed E-state index contributed by atoms with van der Waals surface area (Å²) in [6.45, 7) is 5.90. The van der Waals surface area contributed by atoms with E-state index in [0.29, 0.717) is 25.8 Å². The highest BCUT2D eigenvalue weighted by Crippen LogP contribution is 2.35. The molecule has 39 heavy (non-hydrogen) atoms. The number of para-hydroxylation sites is 1. The second kappa shape index (κ2) is 10.9. The van der Waals surface area contributed by atoms with Crippen molar-refractivity contribution in [3.63, 3.8) is 0 Å². The Hall–Kier alpha value is -4.23. The highest BCUT2D eigenvalue weighted by Gasteiger charge is 2.30. The number of aromatic hydroxyl groups is 1. The highest BCUT2D eigenvalue weighted by atomic mass is 16.3. The molecule has 2 amide bonds. The predicted molar refractivity (Wildman–Crippen MR) is 154 cm³/mol. The second-order valence-corrected chi connectivity index (χ2v) is 10.5. The van der Waals surface area contributed by atoms with Crippen LogP contribution in [-0.2, 0) is 22.4 Å². The number of pyridine rings is 1. The molecule has 0 aliphatic carbocycles. The lowest BCUT2D eigenvalue weighted by Gasteiger charge is -2.35. The monoisotopic (exact) mass is 522 g/mol. The minimum Gasteiger partial charge on any atom is -0.508 e. The first-order chi connectivity index (χ1) is 18.7. The van der Waals surface area contributed by atoms with Crippen LogP contribution >= 0.6 is 0 Å². The van der Waals surface area contributed by atoms with E-state index in [1.165, 1.54) is 0 Å². The molecule has 0 unspecified atom stereocenters. The summed E-state index contributed by atoms with van der Waals surface area (Å²) in [7, 11) is 0. The molecule has 1 aliphatic heterocycles. The number of anilines is 1. The maximum absolute atomic E-state index is 13.3. The van der Waals surface area contributed by atoms with Crippen LogP contribution in [0.3, 0.4) is 0 Å². The van der Waals surface area contributed by atoms with Crippen molar-refractivity contribution in [2.75, 3.05) is 11.4 Å². The zero-order valence-corrected chi connectivity index (χ0v) is 22.6. The van der Waals surface area contributed by atoms with Gasteiger partial charge in [0.15, 0.2) is 0 Å². The van der Waals surface area contributed by atoms with Gasteiger partial charge in [0.05, 0.1) is 17.6 Å². The topological polar surface area (TPSA) is 109 Å². The molecule has 7 heteroatoms. The van der Waals surface area contributed by atoms with E-state index in [4.69, 9.17) is 5.73 Å². The Morgan fingerprint density at radius 2 is 1.82 bits per heavy atom. The fourth-order valence-electron chi connectivity index (χ4n) is 5.58. The number of aromatic nitrogens is 1. The summed E-state index contributed by atoms with van der Waals surface area (Å²) in [6.07, 6.45) is 3.56. The van der Waals surface area contributed by atoms with Gasteiger partial charge in [0.25, 0.3) is 0 Å². The van der Waals surface area contributed by atoms with E-state index in [1.807, 2.05) is 50.4 Å². The van der Waals surface area contributed by atoms with E-state index >= 15 is 0 Å². The molecule has 1 aromatic heterocycles. The molecule has 0 saturated carbocycles. The molecular weight excluding hydrogens is 488 g/mol. The number of phenolic OH excluding ortho intramolecular Hbond substituents is 1. The number of rotatable bonds is 6. The van der Waals surface area contributed by atoms with Crippen molar-refractivity contribution in [1.82, 2.24) is 10.3 Å². The highest BCUT2D eigenvalue weighted by molar-refractivity contribution is 5.93. The number of amides is 2. The van der Waals surface area contributed by atoms with E-state index in [9.17, 15) is 14.7 Å². The Morgan fingerprint density at radius 1 is 1.08 bits per heavy atom. The number of hydrogen-bond acceptors (Lipinski definition) is 5. The van der Waals surface area contributed by atoms with Crippen LogP contribution in [0.2, 0.25) is 0 Å². The first-order valence-corrected chi connectivity index (χ1v) is 13.3. The molecular formula is C32H34N4O3. The lowest BCUT2D eigenvalue weighted by molar-refractivity contribution is -0.123. The number of nitrogens with one attached hydrogen (secondary N) is 1. The van der Waals surface area contributed by atoms with E-state index in [-0.39, 0.29) is 23.6 Å². The van der Waals surface area contributed by atoms with Crippen LogP contribution in [0.4, 0.5) is 5.69 Å². The average molecular weight is 523 g/mol. The van der Waals surface area contributed by atoms with Gasteiger partial charge >= 0.3 is 0 Å². The van der Waals surface area contributed by atoms with Crippen LogP contribution < -0.4 is 16.0 Å². The summed E-state index contributed by atoms with van der Waals surface area (Å²) >= 11 is 0. The number of benzene rings is 3. The molecule has 0 fully saturated rings. The molecule has 5 rings (SSSR count). The Labute approximate surface area is 228 Å². The van der Waals surface area contributed by atoms with Crippen molar-refractivity contribution in [2.24, 2.45) is 5.73 Å². The van der Waals surface area contributed by atoms with Crippen molar-refractivity contribution in [3.8, 4) is 5.75 Å². The smallest absolute Gasteiger partial charge is 0.237 e. The average Bonchev–Trinajstić information content (AvgIpc) is 2.90. The summed E-state index contributed by atoms with van der Waals surface area (Å²) in [5.74, 6) is -0.0587. The molecule has 7 nitrogen and oxygen atoms in total. The van der Waals surface area contributed by atoms with Crippen LogP contribution in [0, 0.1) is 13.8 Å². The zero-order valence-electron chi connectivity index (χ0n) is 22.6. The van der Waals surface area contributed by atoms with Gasteiger partial charge in [-0.1, -0.05) is 30.3 Å². The van der Waals surface area contributed by atoms with Gasteiger partial charge in [0, 0.05) is 30.7 Å². The first-order valence-electron chi connectivity index (χ1n) is 13.3. The zero-order chi connectivity index (χ0) is 27.7. The molecule has 4 N–H and O–H groups in total. The van der Waals surface area contributed by atoms with Gasteiger partial charge in [-0.25, -0.2) is 0 Å². The molecule has 2 atom stereocenters. The molecule has 0 bridgehead atoms. The lowest BCUT2D eigenvalue weighted by atomic mass is 9.91. The summed E-state index contributed by atoms with van der Waals surface area (Å²) < 4.78 is 0. The van der Waals surface area contributed by atoms with E-state index < -0.39 is 6.04 Å². The van der Waals surface area contributed by atoms with Gasteiger partial charge in [0.2, 0.25) is 11.8 Å². The van der Waals surface area contributed by atoms with Crippen molar-refractivity contribution < 1.29 is 14.7 Å². The Kier molecular flexibility index (Phi) is 7.35. The second-order valence-electron chi connectivity index (χ2n) is 10.5. The minimum atomic E-state index is -0.743. The van der Waals surface area contributed by atoms with Gasteiger partial charge < -0.3 is 21.1 Å². The fourth-order valence-corrected chi connectivity index (χ4v) is 5.58. The summed E-state index contributed by atoms with van der Waals surface area (Å²) in [5, 5.41) is 14.1. The Balaban J connectivity index is 1.38. The van der Waals surface area contributed by atoms with Gasteiger partial charge in [0.1, 0.15) is 5.75 Å². The van der Waals surface area contributed by atoms with Crippen LogP contribution in [0.15, 0.2) is 66.9 Å². The molecule has 0 radical (unpaired) electrons. The molecule has 3 aromatic carbocycles. The van der Waals surface area contributed by atoms with Gasteiger partial charge in [-0.3, -0.25) is 14.6 Å². The summed E-state index contributed by atoms with van der Waals surface area (Å²) in [4.78, 5) is 32.0. The molecule has 200 valence electrons. The first kappa shape index (κ1) is 26.4. The fraction of sp³-hybridized carbons (Fsp3) is 0.281. The third kappa shape index (κ3) is 5.64. The maximum atomic E-state index is 13.3. The molecule has 1 aliphatic rings. The normalized spacial score (nSPS) is 15.6. The Morgan fingerprint density at radius 3 is 2.56 bits per heavy atom. The van der Waals surface area contributed by atoms with E-state index in [0.717, 1.165) is 50.0 Å². The van der Waals surface area contributed by atoms with Crippen LogP contribution in [-0.4, -0.2) is 34.5 Å². The molecule has 2 heterocycles. The quantitative estimate of drug-likeness (QED) is 0.342. The van der Waals surface area contributed by atoms with Crippen LogP contribution in [0.5, 0.6) is 5.75 Å². The number of aryl methyl sites for hydroxylation is 2. The number of nitrogens with zero attached hydrogens (tertiary/aromatic N) is 2. The largest absolute Gasteiger partial charge is 0.508 e. The van der Waals surface area contributed by atoms with Crippen molar-refractivity contribution in [1.29, 1.82) is 0 Å². The number of hydrogen-bond donors (Lipinski definition) is 3. The van der Waals surface area contributed by atoms with Gasteiger partial charge in [-0.05, 0) is 96.8 Å². The number of carbonyl (C=O) groups excluding carboxylic acids is 2. The molecule has 0 spiro atoms. The van der Waals surface area contributed by atoms with Gasteiger partial charge in [-0.2, -0.15) is 0 Å². The summed E-state index contributed by atoms with van der Waals surface area (Å²) in [5.41, 5.74) is 14.0. The number of phenols is 1. The molecule has 4 aromatic rings. The predicted octanol–water partition coefficient (Wildman–Crippen LogP) is 4.63. The van der Waals surface area contributed by atoms with E-state index in [2.05, 4.69) is 28.5 Å². The molecule has 0 saturated heterocycles. The number of fused-ring (bicyclic) bond motifs is 2. The Bertz CT molecular complexity index is 1540. The van der Waals surface area contributed by atoms with Gasteiger partial charge in [-0.15, -0.1) is 0 Å². The summed E-state index contributed by atoms with van der Waals surface area (Å²) in [6, 6.07) is 18.7. The third-order valence-corrected chi connectivity index (χ3v) is 7.59. The standard InChI is InChI=1S/C32H34N4O3/c1-19-12-25(38)13-20(2)26(19)17-28(33)32(39)35-30-10-11-36(21(3)37)31-9-8-22(16-27(30)31)14-23-15-24-6-4-5-7-29(24)34-18-23/h4-9,12-13,15-16,18,28,30,38H,10-11,14,17,33H2,1-3H3,(H,35,39)/t28-,30+/m0/s1. The minimum absolute atomic E-state index is 0.0255. The third-order valence-electron chi connectivity index (χ3n) is 7.59. The number of nitrogens with two attached hydrogens (primary N) is 1. The SMILES string of the molecule is CC(=O)N1CC[C@@H](NC(=O)[C@@H](N)Cc2c(C)cc(O)cc2C)c2cc(Cc3cnc4ccccc4c3)ccc21. The van der Waals surface area contributed by atoms with Crippen molar-refractivity contribution in [3.05, 3.63) is 100 Å².